The Morgan fingerprint density at radius 3 is 2.53 bits per heavy atom. The molecule has 24 unspecified atom stereocenters. The number of phenols is 3. The van der Waals surface area contributed by atoms with Gasteiger partial charge in [-0.1, -0.05) is 150 Å². The Labute approximate surface area is 570 Å². The molecule has 0 aromatic heterocycles. The molecular weight excluding hydrogens is 1230 g/mol. The number of hydrogen-bond acceptors (Lipinski definition) is 12. The Balaban J connectivity index is 0.945. The number of ketones is 1. The molecule has 6 fully saturated rings. The Hall–Kier alpha value is -5.93. The van der Waals surface area contributed by atoms with Crippen LogP contribution in [0.25, 0.3) is 0 Å². The van der Waals surface area contributed by atoms with Crippen molar-refractivity contribution >= 4 is 27.4 Å². The molecule has 5 saturated carbocycles. The number of carbonyl (C=O) groups is 1. The van der Waals surface area contributed by atoms with Gasteiger partial charge in [0.1, 0.15) is 11.2 Å². The third kappa shape index (κ3) is 7.04. The molecule has 6 spiro atoms. The molecule has 15 bridgehead atoms. The molecule has 2 heterocycles. The van der Waals surface area contributed by atoms with Gasteiger partial charge in [-0.2, -0.15) is 0 Å². The minimum absolute atomic E-state index is 0.00455. The van der Waals surface area contributed by atoms with Crippen LogP contribution in [0, 0.1) is 99.1 Å². The van der Waals surface area contributed by atoms with Crippen molar-refractivity contribution in [1.82, 2.24) is 5.32 Å². The SMILES string of the molecule is COc1cc(C2CC(=O)C3C4C=CC56C#CCC7NC8C9C=CC%10SSCC(C5O)C5(CCCC5%11CCCC%11)c5cc(cc4c56)CC4=CC5=C%10C9C69CC%10(CCCC%10C=C6C5CC4O)C4CC9C8(c5cc(O)c(O)cc54)C(C3O)C7C#CC2Cc2ccccc2)c(CO)cc1O. The summed E-state index contributed by atoms with van der Waals surface area (Å²) in [5.74, 6) is 12.2. The van der Waals surface area contributed by atoms with Crippen molar-refractivity contribution < 1.29 is 45.3 Å². The van der Waals surface area contributed by atoms with E-state index < -0.39 is 88.1 Å². The average molecular weight is 1320 g/mol. The van der Waals surface area contributed by atoms with Crippen LogP contribution in [0.1, 0.15) is 164 Å². The van der Waals surface area contributed by atoms with E-state index in [0.717, 1.165) is 122 Å². The number of phenolic OH excluding ortho intramolecular Hbond substituents is 3. The highest BCUT2D eigenvalue weighted by Crippen LogP contribution is 2.85. The Morgan fingerprint density at radius 2 is 1.69 bits per heavy atom. The van der Waals surface area contributed by atoms with E-state index in [-0.39, 0.29) is 98.7 Å². The Morgan fingerprint density at radius 1 is 0.844 bits per heavy atom. The predicted molar refractivity (Wildman–Crippen MR) is 370 cm³/mol. The van der Waals surface area contributed by atoms with Gasteiger partial charge in [-0.3, -0.25) is 4.79 Å². The molecule has 0 amide bonds. The summed E-state index contributed by atoms with van der Waals surface area (Å²) in [4.78, 5) is 17.9. The van der Waals surface area contributed by atoms with Crippen molar-refractivity contribution in [2.24, 2.45) is 75.4 Å². The number of hydrogen-bond donors (Lipinski definition) is 8. The molecule has 8 N–H and O–H groups in total. The van der Waals surface area contributed by atoms with Gasteiger partial charge in [0, 0.05) is 94.3 Å². The quantitative estimate of drug-likeness (QED) is 0.0411. The fraction of sp³-hybridized carbons (Fsp3) is 0.536. The van der Waals surface area contributed by atoms with E-state index in [1.54, 1.807) is 12.1 Å². The van der Waals surface area contributed by atoms with Crippen LogP contribution in [-0.4, -0.2) is 90.0 Å². The highest BCUT2D eigenvalue weighted by molar-refractivity contribution is 8.77. The first-order valence-electron chi connectivity index (χ1n) is 36.7. The zero-order chi connectivity index (χ0) is 64.5. The lowest BCUT2D eigenvalue weighted by atomic mass is 9.25. The van der Waals surface area contributed by atoms with Crippen LogP contribution >= 0.6 is 21.6 Å². The number of aromatic hydroxyl groups is 3. The summed E-state index contributed by atoms with van der Waals surface area (Å²) < 4.78 is 5.91. The van der Waals surface area contributed by atoms with Crippen molar-refractivity contribution in [3.8, 4) is 46.7 Å². The molecule has 10 nitrogen and oxygen atoms in total. The number of aliphatic hydroxyl groups excluding tert-OH is 4. The number of aliphatic hydroxyl groups is 4. The van der Waals surface area contributed by atoms with E-state index in [0.29, 0.717) is 36.8 Å². The summed E-state index contributed by atoms with van der Waals surface area (Å²) in [6.07, 6.45) is 26.3. The number of piperidine rings is 1. The minimum Gasteiger partial charge on any atom is -0.504 e. The van der Waals surface area contributed by atoms with E-state index in [1.807, 2.05) is 51.9 Å². The lowest BCUT2D eigenvalue weighted by Crippen LogP contribution is -2.81. The molecule has 4 aromatic rings. The molecule has 4 aromatic carbocycles. The van der Waals surface area contributed by atoms with Crippen molar-refractivity contribution in [2.45, 2.75) is 185 Å². The summed E-state index contributed by atoms with van der Waals surface area (Å²) in [5.41, 5.74) is 10.6. The molecule has 12 heteroatoms. The van der Waals surface area contributed by atoms with Gasteiger partial charge in [-0.15, -0.1) is 5.92 Å². The number of rotatable bonds is 5. The summed E-state index contributed by atoms with van der Waals surface area (Å²) in [7, 11) is 5.53. The lowest BCUT2D eigenvalue weighted by Gasteiger charge is -2.79. The summed E-state index contributed by atoms with van der Waals surface area (Å²) in [5, 5.41) is 96.3. The van der Waals surface area contributed by atoms with Gasteiger partial charge in [0.15, 0.2) is 23.0 Å². The van der Waals surface area contributed by atoms with Gasteiger partial charge < -0.3 is 45.8 Å². The maximum absolute atomic E-state index is 17.9. The number of Topliss-reactive ketones (excluding diaryl/α,β-unsaturated/α-hetero) is 1. The first-order valence-corrected chi connectivity index (χ1v) is 39.1. The molecule has 0 radical (unpaired) electrons. The molecule has 24 atom stereocenters. The number of methoxy groups -OCH3 is 1. The van der Waals surface area contributed by atoms with Gasteiger partial charge in [-0.05, 0) is 196 Å². The number of ether oxygens (including phenoxy) is 1. The van der Waals surface area contributed by atoms with Crippen LogP contribution in [0.4, 0.5) is 0 Å². The highest BCUT2D eigenvalue weighted by atomic mass is 33.1. The van der Waals surface area contributed by atoms with Gasteiger partial charge in [0.2, 0.25) is 0 Å². The van der Waals surface area contributed by atoms with Crippen LogP contribution in [-0.2, 0) is 40.5 Å². The third-order valence-corrected chi connectivity index (χ3v) is 33.4. The molecule has 20 rings (SSSR count). The second kappa shape index (κ2) is 20.2. The number of carbonyl (C=O) groups excluding carboxylic acids is 1. The standard InChI is InChI=1S/C84H85NO9S2/c1-94-68-36-52(46(39-86)31-66(68)90)51-33-67(91)71-48-18-25-80-22-8-13-62-49(15-14-44(51)26-42-10-3-2-4-11-42)75(76(71)92)84-59-37-65(89)64(88)35-56(59)57-38-70(84)82-41-81(57)23-7-12-47(81)32-58(82)53-34-63(87)45-27-43-28-55(48)73(80)60(29-43)83(24-9-21-79(83)19-5-6-20-79)61(78(80)93)40-95-96-69-17-16-50(77(84)85-62)74(82)72(69)54(53)30-45/h2-4,10-11,16-18,25,28-32,35-37,44,47-51,53,57,61-63,69-71,74-78,85-90,92-93H,5-7,9,12-13,19-21,23-24,26-27,33-34,38-41H2,1H3. The topological polar surface area (TPSA) is 180 Å². The maximum atomic E-state index is 17.9. The number of nitrogens with one attached hydrogen (secondary N) is 1. The molecule has 14 aliphatic carbocycles. The van der Waals surface area contributed by atoms with E-state index in [9.17, 15) is 30.6 Å². The molecule has 96 heavy (non-hydrogen) atoms. The number of fused-ring (bicyclic) bond motifs is 10. The van der Waals surface area contributed by atoms with Gasteiger partial charge >= 0.3 is 0 Å². The summed E-state index contributed by atoms with van der Waals surface area (Å²) >= 11 is 0. The summed E-state index contributed by atoms with van der Waals surface area (Å²) in [6, 6.07) is 21.6. The van der Waals surface area contributed by atoms with E-state index >= 15 is 9.90 Å². The van der Waals surface area contributed by atoms with Gasteiger partial charge in [0.25, 0.3) is 0 Å². The fourth-order valence-electron chi connectivity index (χ4n) is 27.8. The highest BCUT2D eigenvalue weighted by Gasteiger charge is 2.81. The first-order chi connectivity index (χ1) is 46.7. The zero-order valence-electron chi connectivity index (χ0n) is 54.5. The van der Waals surface area contributed by atoms with E-state index in [1.165, 1.54) is 29.4 Å². The van der Waals surface area contributed by atoms with Gasteiger partial charge in [0.05, 0.1) is 43.2 Å². The van der Waals surface area contributed by atoms with Crippen LogP contribution in [0.3, 0.4) is 0 Å². The van der Waals surface area contributed by atoms with E-state index in [2.05, 4.69) is 89.7 Å². The summed E-state index contributed by atoms with van der Waals surface area (Å²) in [6.45, 7) is -0.406. The minimum atomic E-state index is -1.35. The van der Waals surface area contributed by atoms with Gasteiger partial charge in [-0.25, -0.2) is 0 Å². The molecule has 1 saturated heterocycles. The number of benzene rings is 4. The molecule has 2 aliphatic heterocycles. The maximum Gasteiger partial charge on any atom is 0.160 e. The normalized spacial score (nSPS) is 44.5. The first kappa shape index (κ1) is 59.0. The second-order valence-corrected chi connectivity index (χ2v) is 36.0. The van der Waals surface area contributed by atoms with Crippen molar-refractivity contribution in [3.05, 3.63) is 176 Å². The van der Waals surface area contributed by atoms with E-state index in [4.69, 9.17) is 4.74 Å². The van der Waals surface area contributed by atoms with Crippen LogP contribution in [0.15, 0.2) is 125 Å². The van der Waals surface area contributed by atoms with Crippen LogP contribution in [0.2, 0.25) is 0 Å². The Bertz CT molecular complexity index is 4440. The van der Waals surface area contributed by atoms with Crippen LogP contribution in [0.5, 0.6) is 23.0 Å². The van der Waals surface area contributed by atoms with Crippen molar-refractivity contribution in [2.75, 3.05) is 12.9 Å². The predicted octanol–water partition coefficient (Wildman–Crippen LogP) is 12.7. The monoisotopic (exact) mass is 1320 g/mol. The number of allylic oxidation sites excluding steroid dienone is 5. The van der Waals surface area contributed by atoms with Crippen molar-refractivity contribution in [3.63, 3.8) is 0 Å². The molecule has 492 valence electrons. The molecular formula is C84H85NO9S2. The average Bonchev–Trinajstić information content (AvgIpc) is 0.893. The van der Waals surface area contributed by atoms with Crippen LogP contribution < -0.4 is 10.1 Å². The lowest BCUT2D eigenvalue weighted by molar-refractivity contribution is -0.200. The largest absolute Gasteiger partial charge is 0.504 e. The fourth-order valence-corrected chi connectivity index (χ4v) is 30.8. The zero-order valence-corrected chi connectivity index (χ0v) is 56.1. The second-order valence-electron chi connectivity index (χ2n) is 33.4. The third-order valence-electron chi connectivity index (χ3n) is 30.7. The Kier molecular flexibility index (Phi) is 12.4. The van der Waals surface area contributed by atoms with Crippen molar-refractivity contribution in [1.29, 1.82) is 0 Å². The smallest absolute Gasteiger partial charge is 0.160 e. The molecule has 16 aliphatic rings.